The molecule has 0 saturated carbocycles. The SMILES string of the molecule is COC(=O)c1cncn1[C@@H](C)c1ccccc1C(C)(O)CO.COC(=O)c1cncn1[C@@H](C)c1ccccc1C(C)=O.[Na+].[O-][I+3]([O-])([O-])[O-]. The van der Waals surface area contributed by atoms with E-state index in [1.165, 1.54) is 33.5 Å². The maximum atomic E-state index is 11.8. The maximum Gasteiger partial charge on any atom is 1.00 e. The Kier molecular flexibility index (Phi) is 17.2. The van der Waals surface area contributed by atoms with E-state index in [1.807, 2.05) is 44.2 Å². The minimum atomic E-state index is -5.94. The third-order valence-corrected chi connectivity index (χ3v) is 7.04. The number of ether oxygens (including phenoxy) is 2. The number of carbonyl (C=O) groups is 3. The minimum absolute atomic E-state index is 0. The molecule has 254 valence electrons. The molecule has 4 aromatic rings. The number of rotatable bonds is 9. The number of hydrogen-bond acceptors (Lipinski definition) is 13. The first-order chi connectivity index (χ1) is 22.0. The second-order valence-corrected chi connectivity index (χ2v) is 12.4. The Morgan fingerprint density at radius 2 is 1.23 bits per heavy atom. The summed E-state index contributed by atoms with van der Waals surface area (Å²) in [5.41, 5.74) is 2.22. The van der Waals surface area contributed by atoms with Gasteiger partial charge in [-0.1, -0.05) is 48.5 Å². The number of carbonyl (C=O) groups excluding carboxylic acids is 3. The first kappa shape index (κ1) is 43.0. The van der Waals surface area contributed by atoms with E-state index in [-0.39, 0.29) is 47.4 Å². The zero-order valence-corrected chi connectivity index (χ0v) is 31.7. The fraction of sp³-hybridized carbons (Fsp3) is 0.323. The van der Waals surface area contributed by atoms with E-state index in [9.17, 15) is 24.6 Å². The van der Waals surface area contributed by atoms with E-state index in [1.54, 1.807) is 46.9 Å². The first-order valence-electron chi connectivity index (χ1n) is 13.8. The number of imidazole rings is 2. The van der Waals surface area contributed by atoms with E-state index in [0.717, 1.165) is 11.1 Å². The number of benzene rings is 2. The Labute approximate surface area is 305 Å². The van der Waals surface area contributed by atoms with Gasteiger partial charge in [0.15, 0.2) is 5.78 Å². The fourth-order valence-electron chi connectivity index (χ4n) is 4.67. The van der Waals surface area contributed by atoms with Gasteiger partial charge in [-0.25, -0.2) is 19.6 Å². The topological polar surface area (TPSA) is 238 Å². The van der Waals surface area contributed by atoms with Gasteiger partial charge in [0, 0.05) is 5.56 Å². The number of hydrogen-bond donors (Lipinski definition) is 2. The van der Waals surface area contributed by atoms with Crippen LogP contribution in [-0.2, 0) is 15.1 Å². The fourth-order valence-corrected chi connectivity index (χ4v) is 4.67. The van der Waals surface area contributed by atoms with Gasteiger partial charge in [0.1, 0.15) is 37.1 Å². The normalized spacial score (nSPS) is 13.2. The Hall–Kier alpha value is -3.04. The van der Waals surface area contributed by atoms with Gasteiger partial charge < -0.3 is 28.8 Å². The van der Waals surface area contributed by atoms with Crippen LogP contribution in [0.15, 0.2) is 73.6 Å². The molecule has 15 nitrogen and oxygen atoms in total. The average Bonchev–Trinajstić information content (AvgIpc) is 3.74. The zero-order chi connectivity index (χ0) is 35.5. The van der Waals surface area contributed by atoms with Crippen molar-refractivity contribution in [1.82, 2.24) is 19.1 Å². The molecule has 1 unspecified atom stereocenters. The molecule has 0 spiro atoms. The molecule has 17 heteroatoms. The molecule has 0 amide bonds. The van der Waals surface area contributed by atoms with Gasteiger partial charge in [0.25, 0.3) is 0 Å². The molecule has 0 aliphatic rings. The number of halogens is 1. The molecule has 0 saturated heterocycles. The monoisotopic (exact) mass is 790 g/mol. The second kappa shape index (κ2) is 19.2. The van der Waals surface area contributed by atoms with Crippen LogP contribution in [-0.4, -0.2) is 67.9 Å². The van der Waals surface area contributed by atoms with Gasteiger partial charge in [-0.15, -0.1) is 0 Å². The van der Waals surface area contributed by atoms with E-state index >= 15 is 0 Å². The maximum absolute atomic E-state index is 11.8. The molecule has 0 radical (unpaired) electrons. The standard InChI is InChI=1S/C16H20N2O4.C15H16N2O3.IO4.Na/c1-11(18-10-17-8-14(18)15(20)22-3)12-6-4-5-7-13(12)16(2,21)9-19;1-10(12-6-4-5-7-13(12)11(2)18)17-9-16-8-14(17)15(19)20-3;2-1(3,4)5;/h4-8,10-11,19,21H,9H2,1-3H3;4-10H,1-3H3;;/q;;-1;+1/t11-,16?;10-;;/m00../s1. The van der Waals surface area contributed by atoms with Crippen molar-refractivity contribution in [2.75, 3.05) is 20.8 Å². The molecule has 0 aliphatic heterocycles. The summed E-state index contributed by atoms with van der Waals surface area (Å²) in [4.78, 5) is 43.2. The largest absolute Gasteiger partial charge is 1.00 e. The first-order valence-corrected chi connectivity index (χ1v) is 17.3. The molecule has 0 bridgehead atoms. The van der Waals surface area contributed by atoms with Crippen LogP contribution in [0.5, 0.6) is 0 Å². The summed E-state index contributed by atoms with van der Waals surface area (Å²) in [6, 6.07) is 14.2. The van der Waals surface area contributed by atoms with Crippen molar-refractivity contribution in [1.29, 1.82) is 0 Å². The van der Waals surface area contributed by atoms with Crippen LogP contribution < -0.4 is 63.4 Å². The van der Waals surface area contributed by atoms with Gasteiger partial charge >= 0.3 is 41.5 Å². The van der Waals surface area contributed by atoms with Gasteiger partial charge in [-0.05, 0) is 44.4 Å². The van der Waals surface area contributed by atoms with Gasteiger partial charge in [0.05, 0.1) is 58.0 Å². The summed E-state index contributed by atoms with van der Waals surface area (Å²) in [6.45, 7) is 6.48. The van der Waals surface area contributed by atoms with E-state index in [0.29, 0.717) is 22.5 Å². The molecular formula is C31H36IN4NaO11. The number of nitrogens with zero attached hydrogens (tertiary/aromatic N) is 4. The summed E-state index contributed by atoms with van der Waals surface area (Å²) in [5.74, 6) is -0.933. The summed E-state index contributed by atoms with van der Waals surface area (Å²) < 4.78 is 47.3. The average molecular weight is 791 g/mol. The van der Waals surface area contributed by atoms with Crippen molar-refractivity contribution in [2.24, 2.45) is 0 Å². The summed E-state index contributed by atoms with van der Waals surface area (Å²) in [5, 5.41) is 19.8. The summed E-state index contributed by atoms with van der Waals surface area (Å²) >= 11 is -5.94. The third kappa shape index (κ3) is 11.8. The molecule has 2 aromatic heterocycles. The van der Waals surface area contributed by atoms with Crippen LogP contribution in [0.3, 0.4) is 0 Å². The Morgan fingerprint density at radius 3 is 1.65 bits per heavy atom. The quantitative estimate of drug-likeness (QED) is 0.0695. The number of esters is 2. The van der Waals surface area contributed by atoms with Crippen molar-refractivity contribution < 1.29 is 97.5 Å². The van der Waals surface area contributed by atoms with Crippen LogP contribution in [0.1, 0.15) is 87.8 Å². The Bertz CT molecular complexity index is 1650. The van der Waals surface area contributed by atoms with Crippen LogP contribution in [0, 0.1) is 0 Å². The zero-order valence-electron chi connectivity index (χ0n) is 27.5. The number of aliphatic hydroxyl groups excluding tert-OH is 1. The molecule has 2 N–H and O–H groups in total. The Morgan fingerprint density at radius 1 is 0.833 bits per heavy atom. The Balaban J connectivity index is 0.000000415. The van der Waals surface area contributed by atoms with Gasteiger partial charge in [-0.2, -0.15) is 0 Å². The number of methoxy groups -OCH3 is 2. The van der Waals surface area contributed by atoms with Crippen molar-refractivity contribution in [2.45, 2.75) is 45.4 Å². The van der Waals surface area contributed by atoms with Crippen molar-refractivity contribution in [3.8, 4) is 0 Å². The van der Waals surface area contributed by atoms with Gasteiger partial charge in [-0.3, -0.25) is 18.5 Å². The van der Waals surface area contributed by atoms with Crippen molar-refractivity contribution in [3.63, 3.8) is 0 Å². The third-order valence-electron chi connectivity index (χ3n) is 7.04. The van der Waals surface area contributed by atoms with E-state index < -0.39 is 44.2 Å². The number of Topliss-reactive ketones (excluding diaryl/α,β-unsaturated/α-hetero) is 1. The number of ketones is 1. The van der Waals surface area contributed by atoms with Crippen LogP contribution in [0.4, 0.5) is 0 Å². The molecule has 0 aliphatic carbocycles. The predicted molar refractivity (Wildman–Crippen MR) is 154 cm³/mol. The van der Waals surface area contributed by atoms with Crippen LogP contribution in [0.2, 0.25) is 0 Å². The molecular weight excluding hydrogens is 754 g/mol. The molecule has 48 heavy (non-hydrogen) atoms. The smallest absolute Gasteiger partial charge is 0.464 e. The number of aliphatic hydroxyl groups is 2. The van der Waals surface area contributed by atoms with Gasteiger partial charge in [0.2, 0.25) is 0 Å². The summed E-state index contributed by atoms with van der Waals surface area (Å²) in [7, 11) is 2.64. The molecule has 2 aromatic carbocycles. The van der Waals surface area contributed by atoms with Crippen molar-refractivity contribution >= 4 is 17.7 Å². The second-order valence-electron chi connectivity index (χ2n) is 10.2. The predicted octanol–water partition coefficient (Wildman–Crippen LogP) is -6.79. The van der Waals surface area contributed by atoms with Crippen molar-refractivity contribution in [3.05, 3.63) is 107 Å². The van der Waals surface area contributed by atoms with E-state index in [4.69, 9.17) is 23.2 Å². The molecule has 0 fully saturated rings. The minimum Gasteiger partial charge on any atom is -0.464 e. The molecule has 4 rings (SSSR count). The summed E-state index contributed by atoms with van der Waals surface area (Å²) in [6.07, 6.45) is 6.00. The number of aromatic nitrogens is 4. The van der Waals surface area contributed by atoms with Crippen LogP contribution >= 0.6 is 0 Å². The molecule has 2 heterocycles. The van der Waals surface area contributed by atoms with E-state index in [2.05, 4.69) is 9.97 Å². The van der Waals surface area contributed by atoms with Crippen LogP contribution in [0.25, 0.3) is 0 Å². The molecule has 3 atom stereocenters.